The molecule has 37 heavy (non-hydrogen) atoms. The summed E-state index contributed by atoms with van der Waals surface area (Å²) in [6.45, 7) is 3.99. The summed E-state index contributed by atoms with van der Waals surface area (Å²) >= 11 is 0. The van der Waals surface area contributed by atoms with Gasteiger partial charge in [-0.3, -0.25) is 4.90 Å². The lowest BCUT2D eigenvalue weighted by atomic mass is 9.90. The molecule has 1 atom stereocenters. The van der Waals surface area contributed by atoms with E-state index in [9.17, 15) is 0 Å². The monoisotopic (exact) mass is 497 g/mol. The number of para-hydroxylation sites is 1. The molecule has 7 heteroatoms. The Balaban J connectivity index is 1.22. The summed E-state index contributed by atoms with van der Waals surface area (Å²) in [6.07, 6.45) is 2.54. The van der Waals surface area contributed by atoms with Crippen LogP contribution in [0.2, 0.25) is 0 Å². The number of benzene rings is 3. The number of hydrazone groups is 1. The molecule has 4 aliphatic rings. The van der Waals surface area contributed by atoms with Crippen LogP contribution in [-0.4, -0.2) is 54.8 Å². The second-order valence-corrected chi connectivity index (χ2v) is 10.2. The van der Waals surface area contributed by atoms with Gasteiger partial charge in [-0.2, -0.15) is 5.10 Å². The maximum absolute atomic E-state index is 6.89. The van der Waals surface area contributed by atoms with E-state index in [2.05, 4.69) is 58.4 Å². The third-order valence-electron chi connectivity index (χ3n) is 7.97. The predicted octanol–water partition coefficient (Wildman–Crippen LogP) is 5.00. The molecule has 1 spiro atoms. The molecular weight excluding hydrogens is 466 g/mol. The van der Waals surface area contributed by atoms with Gasteiger partial charge in [0.05, 0.1) is 18.9 Å². The molecule has 7 nitrogen and oxygen atoms in total. The van der Waals surface area contributed by atoms with Crippen LogP contribution in [0.4, 0.5) is 0 Å². The quantitative estimate of drug-likeness (QED) is 0.506. The van der Waals surface area contributed by atoms with Gasteiger partial charge in [0.25, 0.3) is 0 Å². The minimum absolute atomic E-state index is 0.0997. The first-order chi connectivity index (χ1) is 18.2. The first-order valence-electron chi connectivity index (χ1n) is 13.1. The zero-order chi connectivity index (χ0) is 24.8. The molecule has 4 aliphatic heterocycles. The molecule has 1 saturated heterocycles. The van der Waals surface area contributed by atoms with E-state index in [1.807, 2.05) is 18.2 Å². The maximum Gasteiger partial charge on any atom is 0.200 e. The van der Waals surface area contributed by atoms with E-state index in [0.29, 0.717) is 13.2 Å². The molecule has 0 saturated carbocycles. The van der Waals surface area contributed by atoms with Gasteiger partial charge in [0.2, 0.25) is 5.72 Å². The first kappa shape index (κ1) is 22.5. The highest BCUT2D eigenvalue weighted by atomic mass is 16.6. The van der Waals surface area contributed by atoms with Crippen LogP contribution in [0.3, 0.4) is 0 Å². The Kier molecular flexibility index (Phi) is 5.47. The van der Waals surface area contributed by atoms with Crippen molar-refractivity contribution >= 4 is 5.71 Å². The Morgan fingerprint density at radius 3 is 2.57 bits per heavy atom. The van der Waals surface area contributed by atoms with Gasteiger partial charge >= 0.3 is 0 Å². The number of hydrogen-bond acceptors (Lipinski definition) is 7. The molecular formula is C30H31N3O4. The second kappa shape index (κ2) is 8.99. The van der Waals surface area contributed by atoms with Crippen molar-refractivity contribution < 1.29 is 18.9 Å². The molecule has 0 radical (unpaired) electrons. The van der Waals surface area contributed by atoms with E-state index in [1.165, 1.54) is 5.56 Å². The van der Waals surface area contributed by atoms with Gasteiger partial charge in [-0.25, -0.2) is 5.01 Å². The second-order valence-electron chi connectivity index (χ2n) is 10.2. The van der Waals surface area contributed by atoms with E-state index in [1.54, 1.807) is 7.11 Å². The van der Waals surface area contributed by atoms with Crippen LogP contribution in [0.5, 0.6) is 23.0 Å². The summed E-state index contributed by atoms with van der Waals surface area (Å²) in [7, 11) is 1.71. The maximum atomic E-state index is 6.89. The Morgan fingerprint density at radius 1 is 0.946 bits per heavy atom. The summed E-state index contributed by atoms with van der Waals surface area (Å²) in [4.78, 5) is 2.51. The number of rotatable bonds is 4. The van der Waals surface area contributed by atoms with Crippen molar-refractivity contribution in [3.63, 3.8) is 0 Å². The molecule has 0 unspecified atom stereocenters. The van der Waals surface area contributed by atoms with Crippen molar-refractivity contribution in [2.24, 2.45) is 5.10 Å². The average Bonchev–Trinajstić information content (AvgIpc) is 3.42. The minimum atomic E-state index is -0.505. The fourth-order valence-electron chi connectivity index (χ4n) is 6.06. The number of methoxy groups -OCH3 is 1. The summed E-state index contributed by atoms with van der Waals surface area (Å²) in [5.41, 5.74) is 4.09. The highest BCUT2D eigenvalue weighted by Gasteiger charge is 2.52. The molecule has 0 aromatic heterocycles. The van der Waals surface area contributed by atoms with Crippen LogP contribution in [0, 0.1) is 0 Å². The van der Waals surface area contributed by atoms with Gasteiger partial charge in [-0.05, 0) is 29.8 Å². The number of nitrogens with zero attached hydrogens (tertiary/aromatic N) is 3. The van der Waals surface area contributed by atoms with Crippen molar-refractivity contribution in [3.05, 3.63) is 83.4 Å². The smallest absolute Gasteiger partial charge is 0.200 e. The number of fused-ring (bicyclic) bond motifs is 5. The zero-order valence-corrected chi connectivity index (χ0v) is 21.1. The predicted molar refractivity (Wildman–Crippen MR) is 140 cm³/mol. The molecule has 0 aliphatic carbocycles. The number of piperidine rings is 1. The van der Waals surface area contributed by atoms with Crippen molar-refractivity contribution in [1.82, 2.24) is 9.91 Å². The molecule has 7 rings (SSSR count). The number of likely N-dealkylation sites (tertiary alicyclic amines) is 1. The zero-order valence-electron chi connectivity index (χ0n) is 21.1. The lowest BCUT2D eigenvalue weighted by molar-refractivity contribution is -0.151. The number of hydrogen-bond donors (Lipinski definition) is 0. The fourth-order valence-corrected chi connectivity index (χ4v) is 6.06. The number of ether oxygens (including phenoxy) is 4. The molecule has 190 valence electrons. The van der Waals surface area contributed by atoms with Crippen LogP contribution in [0.1, 0.15) is 42.0 Å². The normalized spacial score (nSPS) is 21.6. The average molecular weight is 498 g/mol. The van der Waals surface area contributed by atoms with E-state index < -0.39 is 5.72 Å². The van der Waals surface area contributed by atoms with Gasteiger partial charge in [-0.1, -0.05) is 42.5 Å². The molecule has 3 aromatic carbocycles. The van der Waals surface area contributed by atoms with Crippen LogP contribution in [-0.2, 0) is 6.54 Å². The third-order valence-corrected chi connectivity index (χ3v) is 7.97. The Hall–Kier alpha value is -3.71. The summed E-state index contributed by atoms with van der Waals surface area (Å²) < 4.78 is 24.2. The highest BCUT2D eigenvalue weighted by Crippen LogP contribution is 2.53. The lowest BCUT2D eigenvalue weighted by Gasteiger charge is -2.51. The lowest BCUT2D eigenvalue weighted by Crippen LogP contribution is -2.59. The van der Waals surface area contributed by atoms with Gasteiger partial charge in [-0.15, -0.1) is 0 Å². The molecule has 1 fully saturated rings. The van der Waals surface area contributed by atoms with Crippen molar-refractivity contribution in [1.29, 1.82) is 0 Å². The van der Waals surface area contributed by atoms with E-state index in [-0.39, 0.29) is 6.04 Å². The van der Waals surface area contributed by atoms with Crippen molar-refractivity contribution in [3.8, 4) is 23.0 Å². The molecule has 3 aromatic rings. The third kappa shape index (κ3) is 3.89. The van der Waals surface area contributed by atoms with Crippen molar-refractivity contribution in [2.45, 2.75) is 37.6 Å². The molecule has 0 amide bonds. The van der Waals surface area contributed by atoms with E-state index in [4.69, 9.17) is 24.0 Å². The topological polar surface area (TPSA) is 55.8 Å². The van der Waals surface area contributed by atoms with Crippen LogP contribution in [0.25, 0.3) is 0 Å². The van der Waals surface area contributed by atoms with E-state index in [0.717, 1.165) is 78.7 Å². The largest absolute Gasteiger partial charge is 0.493 e. The summed E-state index contributed by atoms with van der Waals surface area (Å²) in [5, 5.41) is 7.49. The van der Waals surface area contributed by atoms with Gasteiger partial charge in [0.15, 0.2) is 23.0 Å². The standard InChI is InChI=1S/C30H31N3O4/c1-34-27-9-5-8-23-25-19-24(22-10-11-26-28(18-22)36-17-16-35-26)31-33(25)30(37-29(23)27)12-14-32(15-13-30)20-21-6-3-2-4-7-21/h2-11,18,25H,12-17,19-20H2,1H3/t25-/m1/s1. The minimum Gasteiger partial charge on any atom is -0.493 e. The SMILES string of the molecule is COc1cccc2c1OC1(CCN(Cc3ccccc3)CC1)N1N=C(c3ccc4c(c3)OCCO4)C[C@H]21. The van der Waals surface area contributed by atoms with Crippen LogP contribution < -0.4 is 18.9 Å². The Morgan fingerprint density at radius 2 is 1.76 bits per heavy atom. The first-order valence-corrected chi connectivity index (χ1v) is 13.1. The summed E-state index contributed by atoms with van der Waals surface area (Å²) in [5.74, 6) is 3.24. The van der Waals surface area contributed by atoms with Gasteiger partial charge in [0, 0.05) is 50.0 Å². The van der Waals surface area contributed by atoms with Crippen LogP contribution in [0.15, 0.2) is 71.8 Å². The van der Waals surface area contributed by atoms with Gasteiger partial charge < -0.3 is 18.9 Å². The Labute approximate surface area is 217 Å². The van der Waals surface area contributed by atoms with Crippen LogP contribution >= 0.6 is 0 Å². The molecule has 4 heterocycles. The van der Waals surface area contributed by atoms with Gasteiger partial charge in [0.1, 0.15) is 13.2 Å². The highest BCUT2D eigenvalue weighted by molar-refractivity contribution is 6.02. The van der Waals surface area contributed by atoms with E-state index >= 15 is 0 Å². The fraction of sp³-hybridized carbons (Fsp3) is 0.367. The molecule has 0 N–H and O–H groups in total. The molecule has 0 bridgehead atoms. The summed E-state index contributed by atoms with van der Waals surface area (Å²) in [6, 6.07) is 23.1. The van der Waals surface area contributed by atoms with Crippen molar-refractivity contribution in [2.75, 3.05) is 33.4 Å². The Bertz CT molecular complexity index is 1330.